The first-order valence-electron chi connectivity index (χ1n) is 7.72. The Morgan fingerprint density at radius 3 is 2.33 bits per heavy atom. The average Bonchev–Trinajstić information content (AvgIpc) is 2.59. The Morgan fingerprint density at radius 2 is 1.78 bits per heavy atom. The minimum absolute atomic E-state index is 0.0911. The normalized spacial score (nSPS) is 12.9. The molecule has 0 aliphatic carbocycles. The van der Waals surface area contributed by atoms with Gasteiger partial charge in [-0.05, 0) is 25.1 Å². The molecule has 0 aliphatic heterocycles. The standard InChI is InChI=1S/C17H17F3N2O4S/c1-10(23)9-22(2)27(25,26)13-5-3-4-11(6-13)17(24)21-12-7-14(18)16(20)15(19)8-12/h3-8,10,23H,9H2,1-2H3,(H,21,24). The number of benzene rings is 2. The summed E-state index contributed by atoms with van der Waals surface area (Å²) in [5, 5.41) is 11.5. The van der Waals surface area contributed by atoms with Crippen LogP contribution in [0, 0.1) is 17.5 Å². The van der Waals surface area contributed by atoms with E-state index in [1.807, 2.05) is 0 Å². The van der Waals surface area contributed by atoms with Gasteiger partial charge >= 0.3 is 0 Å². The maximum absolute atomic E-state index is 13.2. The predicted octanol–water partition coefficient (Wildman–Crippen LogP) is 2.36. The third kappa shape index (κ3) is 4.85. The van der Waals surface area contributed by atoms with Crippen molar-refractivity contribution >= 4 is 21.6 Å². The lowest BCUT2D eigenvalue weighted by atomic mass is 10.2. The second-order valence-corrected chi connectivity index (χ2v) is 7.92. The van der Waals surface area contributed by atoms with Gasteiger partial charge in [0.25, 0.3) is 5.91 Å². The zero-order valence-corrected chi connectivity index (χ0v) is 15.2. The van der Waals surface area contributed by atoms with Gasteiger partial charge in [-0.3, -0.25) is 4.79 Å². The Kier molecular flexibility index (Phi) is 6.24. The van der Waals surface area contributed by atoms with E-state index in [0.29, 0.717) is 12.1 Å². The van der Waals surface area contributed by atoms with Gasteiger partial charge in [-0.25, -0.2) is 21.6 Å². The molecule has 0 aliphatic rings. The van der Waals surface area contributed by atoms with E-state index in [1.165, 1.54) is 32.2 Å². The number of sulfonamides is 1. The lowest BCUT2D eigenvalue weighted by molar-refractivity contribution is 0.102. The molecular formula is C17H17F3N2O4S. The van der Waals surface area contributed by atoms with Gasteiger partial charge in [-0.1, -0.05) is 6.07 Å². The molecule has 2 aromatic rings. The maximum Gasteiger partial charge on any atom is 0.255 e. The monoisotopic (exact) mass is 402 g/mol. The van der Waals surface area contributed by atoms with E-state index in [2.05, 4.69) is 5.32 Å². The van der Waals surface area contributed by atoms with Gasteiger partial charge in [0.2, 0.25) is 10.0 Å². The molecule has 0 saturated heterocycles. The Morgan fingerprint density at radius 1 is 1.19 bits per heavy atom. The summed E-state index contributed by atoms with van der Waals surface area (Å²) in [7, 11) is -2.68. The number of aliphatic hydroxyl groups excluding tert-OH is 1. The fraction of sp³-hybridized carbons (Fsp3) is 0.235. The van der Waals surface area contributed by atoms with Crippen LogP contribution >= 0.6 is 0 Å². The number of amides is 1. The van der Waals surface area contributed by atoms with Crippen LogP contribution in [0.25, 0.3) is 0 Å². The van der Waals surface area contributed by atoms with E-state index in [1.54, 1.807) is 0 Å². The Balaban J connectivity index is 2.28. The number of hydrogen-bond donors (Lipinski definition) is 2. The van der Waals surface area contributed by atoms with Crippen molar-refractivity contribution in [1.82, 2.24) is 4.31 Å². The molecule has 10 heteroatoms. The molecule has 0 radical (unpaired) electrons. The highest BCUT2D eigenvalue weighted by Crippen LogP contribution is 2.20. The van der Waals surface area contributed by atoms with Crippen LogP contribution in [0.5, 0.6) is 0 Å². The molecule has 0 spiro atoms. The lowest BCUT2D eigenvalue weighted by Crippen LogP contribution is -2.33. The molecule has 0 aromatic heterocycles. The Hall–Kier alpha value is -2.43. The van der Waals surface area contributed by atoms with Crippen molar-refractivity contribution in [3.63, 3.8) is 0 Å². The first-order chi connectivity index (χ1) is 12.5. The first-order valence-corrected chi connectivity index (χ1v) is 9.16. The second-order valence-electron chi connectivity index (χ2n) is 5.87. The minimum Gasteiger partial charge on any atom is -0.392 e. The molecule has 0 saturated carbocycles. The van der Waals surface area contributed by atoms with Crippen molar-refractivity contribution < 1.29 is 31.5 Å². The number of carbonyl (C=O) groups excluding carboxylic acids is 1. The summed E-state index contributed by atoms with van der Waals surface area (Å²) in [6.07, 6.45) is -0.889. The maximum atomic E-state index is 13.2. The molecule has 146 valence electrons. The van der Waals surface area contributed by atoms with Crippen molar-refractivity contribution in [2.24, 2.45) is 0 Å². The van der Waals surface area contributed by atoms with E-state index >= 15 is 0 Å². The van der Waals surface area contributed by atoms with Crippen LogP contribution in [0.15, 0.2) is 41.3 Å². The van der Waals surface area contributed by atoms with Gasteiger partial charge in [-0.15, -0.1) is 0 Å². The highest BCUT2D eigenvalue weighted by Gasteiger charge is 2.23. The molecule has 27 heavy (non-hydrogen) atoms. The summed E-state index contributed by atoms with van der Waals surface area (Å²) in [6.45, 7) is 1.28. The molecule has 2 rings (SSSR count). The summed E-state index contributed by atoms with van der Waals surface area (Å²) >= 11 is 0. The van der Waals surface area contributed by atoms with Crippen LogP contribution in [0.4, 0.5) is 18.9 Å². The van der Waals surface area contributed by atoms with Crippen LogP contribution in [-0.2, 0) is 10.0 Å². The summed E-state index contributed by atoms with van der Waals surface area (Å²) in [5.41, 5.74) is -0.414. The van der Waals surface area contributed by atoms with Gasteiger partial charge in [0.15, 0.2) is 17.5 Å². The van der Waals surface area contributed by atoms with Crippen molar-refractivity contribution in [1.29, 1.82) is 0 Å². The highest BCUT2D eigenvalue weighted by atomic mass is 32.2. The number of hydrogen-bond acceptors (Lipinski definition) is 4. The molecule has 0 fully saturated rings. The fourth-order valence-corrected chi connectivity index (χ4v) is 3.58. The van der Waals surface area contributed by atoms with Crippen LogP contribution in [0.1, 0.15) is 17.3 Å². The van der Waals surface area contributed by atoms with Crippen molar-refractivity contribution in [3.05, 3.63) is 59.4 Å². The molecule has 1 atom stereocenters. The second kappa shape index (κ2) is 8.07. The zero-order chi connectivity index (χ0) is 20.4. The first kappa shape index (κ1) is 20.9. The van der Waals surface area contributed by atoms with Crippen LogP contribution < -0.4 is 5.32 Å². The van der Waals surface area contributed by atoms with Crippen LogP contribution in [0.3, 0.4) is 0 Å². The highest BCUT2D eigenvalue weighted by molar-refractivity contribution is 7.89. The number of rotatable bonds is 6. The molecule has 1 amide bonds. The predicted molar refractivity (Wildman–Crippen MR) is 92.2 cm³/mol. The summed E-state index contributed by atoms with van der Waals surface area (Å²) in [4.78, 5) is 12.1. The number of likely N-dealkylation sites (N-methyl/N-ethyl adjacent to an activating group) is 1. The lowest BCUT2D eigenvalue weighted by Gasteiger charge is -2.19. The largest absolute Gasteiger partial charge is 0.392 e. The summed E-state index contributed by atoms with van der Waals surface area (Å²) in [6, 6.07) is 6.19. The minimum atomic E-state index is -3.96. The van der Waals surface area contributed by atoms with Gasteiger partial charge in [-0.2, -0.15) is 4.31 Å². The van der Waals surface area contributed by atoms with Gasteiger partial charge in [0.05, 0.1) is 11.0 Å². The molecule has 1 unspecified atom stereocenters. The smallest absolute Gasteiger partial charge is 0.255 e. The van der Waals surface area contributed by atoms with E-state index in [4.69, 9.17) is 0 Å². The molecular weight excluding hydrogens is 385 g/mol. The van der Waals surface area contributed by atoms with E-state index in [9.17, 15) is 31.5 Å². The van der Waals surface area contributed by atoms with Gasteiger partial charge in [0.1, 0.15) is 0 Å². The van der Waals surface area contributed by atoms with Gasteiger partial charge < -0.3 is 10.4 Å². The number of nitrogens with one attached hydrogen (secondary N) is 1. The van der Waals surface area contributed by atoms with E-state index in [-0.39, 0.29) is 22.7 Å². The van der Waals surface area contributed by atoms with Crippen LogP contribution in [0.2, 0.25) is 0 Å². The Labute approximate surface area is 154 Å². The SMILES string of the molecule is CC(O)CN(C)S(=O)(=O)c1cccc(C(=O)Nc2cc(F)c(F)c(F)c2)c1. The number of nitrogens with zero attached hydrogens (tertiary/aromatic N) is 1. The quantitative estimate of drug-likeness (QED) is 0.727. The summed E-state index contributed by atoms with van der Waals surface area (Å²) in [5.74, 6) is -5.44. The third-order valence-corrected chi connectivity index (χ3v) is 5.39. The molecule has 2 N–H and O–H groups in total. The average molecular weight is 402 g/mol. The zero-order valence-electron chi connectivity index (χ0n) is 14.4. The van der Waals surface area contributed by atoms with Crippen molar-refractivity contribution in [2.45, 2.75) is 17.9 Å². The third-order valence-electron chi connectivity index (χ3n) is 3.57. The molecule has 6 nitrogen and oxygen atoms in total. The number of halogens is 3. The van der Waals surface area contributed by atoms with E-state index in [0.717, 1.165) is 10.4 Å². The molecule has 2 aromatic carbocycles. The topological polar surface area (TPSA) is 86.7 Å². The number of aliphatic hydroxyl groups is 1. The van der Waals surface area contributed by atoms with Crippen molar-refractivity contribution in [3.8, 4) is 0 Å². The summed E-state index contributed by atoms with van der Waals surface area (Å²) < 4.78 is 65.3. The number of anilines is 1. The van der Waals surface area contributed by atoms with Crippen LogP contribution in [-0.4, -0.2) is 43.4 Å². The molecule has 0 heterocycles. The van der Waals surface area contributed by atoms with E-state index < -0.39 is 39.5 Å². The molecule has 0 bridgehead atoms. The van der Waals surface area contributed by atoms with Gasteiger partial charge in [0, 0.05) is 37.0 Å². The Bertz CT molecular complexity index is 941. The fourth-order valence-electron chi connectivity index (χ4n) is 2.28. The number of carbonyl (C=O) groups is 1. The van der Waals surface area contributed by atoms with Crippen molar-refractivity contribution in [2.75, 3.05) is 18.9 Å².